The third kappa shape index (κ3) is 4.16. The Bertz CT molecular complexity index is 1030. The highest BCUT2D eigenvalue weighted by Crippen LogP contribution is 2.35. The van der Waals surface area contributed by atoms with E-state index in [0.717, 1.165) is 36.4 Å². The Kier molecular flexibility index (Phi) is 5.68. The maximum absolute atomic E-state index is 14.5. The average Bonchev–Trinajstić information content (AvgIpc) is 2.64. The van der Waals surface area contributed by atoms with Gasteiger partial charge in [-0.05, 0) is 67.1 Å². The molecule has 0 N–H and O–H groups in total. The molecule has 0 amide bonds. The Labute approximate surface area is 159 Å². The third-order valence-corrected chi connectivity index (χ3v) is 4.31. The first-order valence-electron chi connectivity index (χ1n) is 8.66. The molecule has 6 heteroatoms. The van der Waals surface area contributed by atoms with Gasteiger partial charge in [-0.1, -0.05) is 24.3 Å². The minimum absolute atomic E-state index is 0.0627. The number of halogens is 5. The minimum Gasteiger partial charge on any atom is -0.429 e. The van der Waals surface area contributed by atoms with Crippen molar-refractivity contribution in [1.29, 1.82) is 0 Å². The standard InChI is InChI=1S/C22H17F5O/c1-2-3-4-5-14-6-10-18(20(24)12-14)22(26,27)28-16-8-9-17-15(13-16)7-11-19(23)21(17)25/h2-3,6-13H,4-5H2,1H3/b3-2+. The normalized spacial score (nSPS) is 12.1. The Morgan fingerprint density at radius 2 is 1.71 bits per heavy atom. The number of benzene rings is 3. The van der Waals surface area contributed by atoms with Gasteiger partial charge in [0.05, 0.1) is 5.56 Å². The second kappa shape index (κ2) is 8.00. The zero-order valence-electron chi connectivity index (χ0n) is 15.0. The van der Waals surface area contributed by atoms with E-state index in [1.54, 1.807) is 0 Å². The zero-order chi connectivity index (χ0) is 20.3. The Morgan fingerprint density at radius 3 is 2.43 bits per heavy atom. The molecular weight excluding hydrogens is 375 g/mol. The molecule has 0 unspecified atom stereocenters. The van der Waals surface area contributed by atoms with E-state index in [9.17, 15) is 22.0 Å². The monoisotopic (exact) mass is 392 g/mol. The van der Waals surface area contributed by atoms with Gasteiger partial charge in [0, 0.05) is 5.39 Å². The van der Waals surface area contributed by atoms with E-state index in [2.05, 4.69) is 4.74 Å². The molecule has 0 aliphatic carbocycles. The lowest BCUT2D eigenvalue weighted by atomic mass is 10.1. The van der Waals surface area contributed by atoms with Gasteiger partial charge in [0.15, 0.2) is 11.6 Å². The van der Waals surface area contributed by atoms with Crippen LogP contribution in [0.15, 0.2) is 60.7 Å². The highest BCUT2D eigenvalue weighted by atomic mass is 19.3. The van der Waals surface area contributed by atoms with Crippen LogP contribution >= 0.6 is 0 Å². The molecule has 0 aromatic heterocycles. The SMILES string of the molecule is C/C=C/CCc1ccc(C(F)(F)Oc2ccc3c(F)c(F)ccc3c2)c(F)c1. The topological polar surface area (TPSA) is 9.23 Å². The number of allylic oxidation sites excluding steroid dienone is 2. The second-order valence-corrected chi connectivity index (χ2v) is 6.29. The van der Waals surface area contributed by atoms with Gasteiger partial charge >= 0.3 is 6.11 Å². The summed E-state index contributed by atoms with van der Waals surface area (Å²) in [5.41, 5.74) is -0.300. The van der Waals surface area contributed by atoms with E-state index in [0.29, 0.717) is 18.4 Å². The molecule has 0 fully saturated rings. The van der Waals surface area contributed by atoms with Crippen molar-refractivity contribution in [2.75, 3.05) is 0 Å². The first-order chi connectivity index (χ1) is 13.3. The van der Waals surface area contributed by atoms with Crippen molar-refractivity contribution in [3.05, 3.63) is 89.3 Å². The average molecular weight is 392 g/mol. The van der Waals surface area contributed by atoms with Gasteiger partial charge in [0.2, 0.25) is 0 Å². The highest BCUT2D eigenvalue weighted by Gasteiger charge is 2.37. The molecule has 0 aliphatic rings. The fourth-order valence-electron chi connectivity index (χ4n) is 2.88. The molecule has 0 atom stereocenters. The summed E-state index contributed by atoms with van der Waals surface area (Å²) in [5.74, 6) is -3.48. The number of fused-ring (bicyclic) bond motifs is 1. The van der Waals surface area contributed by atoms with Crippen molar-refractivity contribution in [1.82, 2.24) is 0 Å². The van der Waals surface area contributed by atoms with Gasteiger partial charge in [0.25, 0.3) is 0 Å². The molecular formula is C22H17F5O. The molecule has 0 saturated heterocycles. The van der Waals surface area contributed by atoms with Crippen LogP contribution in [-0.4, -0.2) is 0 Å². The maximum Gasteiger partial charge on any atom is 0.429 e. The summed E-state index contributed by atoms with van der Waals surface area (Å²) in [6.07, 6.45) is 1.03. The molecule has 0 saturated carbocycles. The summed E-state index contributed by atoms with van der Waals surface area (Å²) in [6, 6.07) is 9.00. The molecule has 3 aromatic rings. The molecule has 28 heavy (non-hydrogen) atoms. The van der Waals surface area contributed by atoms with Crippen molar-refractivity contribution in [3.63, 3.8) is 0 Å². The number of hydrogen-bond donors (Lipinski definition) is 0. The zero-order valence-corrected chi connectivity index (χ0v) is 15.0. The molecule has 1 nitrogen and oxygen atoms in total. The van der Waals surface area contributed by atoms with E-state index >= 15 is 0 Å². The smallest absolute Gasteiger partial charge is 0.429 e. The van der Waals surface area contributed by atoms with Gasteiger partial charge in [-0.25, -0.2) is 13.2 Å². The van der Waals surface area contributed by atoms with Crippen molar-refractivity contribution >= 4 is 10.8 Å². The highest BCUT2D eigenvalue weighted by molar-refractivity contribution is 5.84. The molecule has 3 rings (SSSR count). The van der Waals surface area contributed by atoms with E-state index in [4.69, 9.17) is 0 Å². The van der Waals surface area contributed by atoms with E-state index in [-0.39, 0.29) is 16.5 Å². The number of hydrogen-bond acceptors (Lipinski definition) is 1. The van der Waals surface area contributed by atoms with Crippen LogP contribution in [0.25, 0.3) is 10.8 Å². The van der Waals surface area contributed by atoms with Gasteiger partial charge in [-0.2, -0.15) is 8.78 Å². The Balaban J connectivity index is 1.85. The first kappa shape index (κ1) is 19.9. The molecule has 146 valence electrons. The maximum atomic E-state index is 14.5. The van der Waals surface area contributed by atoms with Gasteiger partial charge in [0.1, 0.15) is 11.6 Å². The molecule has 3 aromatic carbocycles. The van der Waals surface area contributed by atoms with Crippen molar-refractivity contribution in [2.24, 2.45) is 0 Å². The van der Waals surface area contributed by atoms with Gasteiger partial charge in [-0.15, -0.1) is 0 Å². The fourth-order valence-corrected chi connectivity index (χ4v) is 2.88. The van der Waals surface area contributed by atoms with Crippen LogP contribution in [0.4, 0.5) is 22.0 Å². The minimum atomic E-state index is -3.93. The molecule has 0 aliphatic heterocycles. The Morgan fingerprint density at radius 1 is 0.929 bits per heavy atom. The quantitative estimate of drug-likeness (QED) is 0.328. The van der Waals surface area contributed by atoms with Crippen LogP contribution in [0.1, 0.15) is 24.5 Å². The lowest BCUT2D eigenvalue weighted by molar-refractivity contribution is -0.187. The van der Waals surface area contributed by atoms with Crippen LogP contribution in [0.3, 0.4) is 0 Å². The molecule has 0 spiro atoms. The number of aryl methyl sites for hydroxylation is 1. The number of alkyl halides is 2. The van der Waals surface area contributed by atoms with Crippen molar-refractivity contribution in [2.45, 2.75) is 25.9 Å². The van der Waals surface area contributed by atoms with E-state index in [1.807, 2.05) is 19.1 Å². The summed E-state index contributed by atoms with van der Waals surface area (Å²) < 4.78 is 74.8. The predicted octanol–water partition coefficient (Wildman–Crippen LogP) is 6.89. The first-order valence-corrected chi connectivity index (χ1v) is 8.66. The second-order valence-electron chi connectivity index (χ2n) is 6.29. The third-order valence-electron chi connectivity index (χ3n) is 4.31. The molecule has 0 radical (unpaired) electrons. The largest absolute Gasteiger partial charge is 0.429 e. The van der Waals surface area contributed by atoms with Crippen LogP contribution in [0.2, 0.25) is 0 Å². The van der Waals surface area contributed by atoms with Gasteiger partial charge < -0.3 is 4.74 Å². The lowest BCUT2D eigenvalue weighted by Gasteiger charge is -2.19. The van der Waals surface area contributed by atoms with Crippen LogP contribution < -0.4 is 4.74 Å². The molecule has 0 heterocycles. The number of ether oxygens (including phenoxy) is 1. The summed E-state index contributed by atoms with van der Waals surface area (Å²) >= 11 is 0. The van der Waals surface area contributed by atoms with Crippen LogP contribution in [0, 0.1) is 17.5 Å². The fraction of sp³-hybridized carbons (Fsp3) is 0.182. The van der Waals surface area contributed by atoms with Crippen molar-refractivity contribution in [3.8, 4) is 5.75 Å². The molecule has 0 bridgehead atoms. The lowest BCUT2D eigenvalue weighted by Crippen LogP contribution is -2.23. The predicted molar refractivity (Wildman–Crippen MR) is 97.9 cm³/mol. The number of rotatable bonds is 6. The Hall–Kier alpha value is -2.89. The summed E-state index contributed by atoms with van der Waals surface area (Å²) in [5, 5.41) is 0.124. The summed E-state index contributed by atoms with van der Waals surface area (Å²) in [6.45, 7) is 1.86. The van der Waals surface area contributed by atoms with Crippen LogP contribution in [-0.2, 0) is 12.5 Å². The van der Waals surface area contributed by atoms with E-state index in [1.165, 1.54) is 12.1 Å². The summed E-state index contributed by atoms with van der Waals surface area (Å²) in [7, 11) is 0. The van der Waals surface area contributed by atoms with Gasteiger partial charge in [-0.3, -0.25) is 0 Å². The van der Waals surface area contributed by atoms with Crippen molar-refractivity contribution < 1.29 is 26.7 Å². The van der Waals surface area contributed by atoms with E-state index < -0.39 is 29.1 Å². The summed E-state index contributed by atoms with van der Waals surface area (Å²) in [4.78, 5) is 0. The van der Waals surface area contributed by atoms with Crippen LogP contribution in [0.5, 0.6) is 5.75 Å².